The van der Waals surface area contributed by atoms with Gasteiger partial charge in [0.25, 0.3) is 0 Å². The fourth-order valence-electron chi connectivity index (χ4n) is 1.70. The van der Waals surface area contributed by atoms with E-state index in [1.165, 1.54) is 0 Å². The monoisotopic (exact) mass is 276 g/mol. The Bertz CT molecular complexity index is 539. The Morgan fingerprint density at radius 3 is 2.50 bits per heavy atom. The third kappa shape index (κ3) is 2.95. The molecule has 0 N–H and O–H groups in total. The van der Waals surface area contributed by atoms with E-state index in [4.69, 9.17) is 11.6 Å². The minimum absolute atomic E-state index is 0.0567. The van der Waals surface area contributed by atoms with Crippen molar-refractivity contribution in [3.63, 3.8) is 0 Å². The smallest absolute Gasteiger partial charge is 0.185 e. The average Bonchev–Trinajstić information content (AvgIpc) is 2.46. The van der Waals surface area contributed by atoms with Crippen LogP contribution in [0.4, 0.5) is 0 Å². The molecule has 0 amide bonds. The van der Waals surface area contributed by atoms with Crippen LogP contribution in [0.2, 0.25) is 0 Å². The zero-order valence-electron chi connectivity index (χ0n) is 9.97. The van der Waals surface area contributed by atoms with E-state index >= 15 is 0 Å². The molecule has 18 heavy (non-hydrogen) atoms. The number of carbonyl (C=O) groups is 1. The molecule has 0 radical (unpaired) electrons. The summed E-state index contributed by atoms with van der Waals surface area (Å²) in [5.41, 5.74) is 1.49. The predicted octanol–water partition coefficient (Wildman–Crippen LogP) is 4.57. The highest BCUT2D eigenvalue weighted by molar-refractivity contribution is 7.98. The maximum absolute atomic E-state index is 12.3. The predicted molar refractivity (Wildman–Crippen MR) is 77.6 cm³/mol. The molecular weight excluding hydrogens is 264 g/mol. The van der Waals surface area contributed by atoms with Crippen LogP contribution >= 0.6 is 23.4 Å². The van der Waals surface area contributed by atoms with Gasteiger partial charge in [0.15, 0.2) is 5.78 Å². The second-order valence-corrected chi connectivity index (χ2v) is 5.19. The molecule has 0 saturated heterocycles. The van der Waals surface area contributed by atoms with Gasteiger partial charge in [0.1, 0.15) is 5.38 Å². The fourth-order valence-corrected chi connectivity index (χ4v) is 2.43. The molecule has 92 valence electrons. The number of carbonyl (C=O) groups excluding carboxylic acids is 1. The van der Waals surface area contributed by atoms with Gasteiger partial charge >= 0.3 is 0 Å². The zero-order valence-corrected chi connectivity index (χ0v) is 11.5. The molecule has 0 bridgehead atoms. The summed E-state index contributed by atoms with van der Waals surface area (Å²) in [6.45, 7) is 0. The third-order valence-corrected chi connectivity index (χ3v) is 3.85. The van der Waals surface area contributed by atoms with Gasteiger partial charge in [0.05, 0.1) is 0 Å². The van der Waals surface area contributed by atoms with Crippen LogP contribution in [-0.2, 0) is 0 Å². The van der Waals surface area contributed by atoms with Gasteiger partial charge in [-0.05, 0) is 24.0 Å². The lowest BCUT2D eigenvalue weighted by atomic mass is 10.0. The molecule has 1 atom stereocenters. The quantitative estimate of drug-likeness (QED) is 0.462. The van der Waals surface area contributed by atoms with Crippen molar-refractivity contribution < 1.29 is 4.79 Å². The van der Waals surface area contributed by atoms with Gasteiger partial charge in [0, 0.05) is 10.5 Å². The average molecular weight is 277 g/mol. The number of hydrogen-bond acceptors (Lipinski definition) is 2. The lowest BCUT2D eigenvalue weighted by Gasteiger charge is -2.09. The van der Waals surface area contributed by atoms with Crippen LogP contribution in [0, 0.1) is 0 Å². The molecule has 0 fully saturated rings. The van der Waals surface area contributed by atoms with Crippen molar-refractivity contribution in [1.82, 2.24) is 0 Å². The molecule has 0 spiro atoms. The molecule has 1 unspecified atom stereocenters. The molecule has 0 aliphatic rings. The summed E-state index contributed by atoms with van der Waals surface area (Å²) < 4.78 is 0. The Hall–Kier alpha value is -1.25. The summed E-state index contributed by atoms with van der Waals surface area (Å²) >= 11 is 7.84. The molecule has 0 aliphatic heterocycles. The minimum Gasteiger partial charge on any atom is -0.292 e. The number of Topliss-reactive ketones (excluding diaryl/α,β-unsaturated/α-hetero) is 1. The number of ketones is 1. The van der Waals surface area contributed by atoms with Crippen molar-refractivity contribution in [3.8, 4) is 0 Å². The van der Waals surface area contributed by atoms with Gasteiger partial charge in [0.2, 0.25) is 0 Å². The number of benzene rings is 2. The zero-order chi connectivity index (χ0) is 13.0. The van der Waals surface area contributed by atoms with Crippen molar-refractivity contribution in [2.45, 2.75) is 10.3 Å². The first kappa shape index (κ1) is 13.2. The van der Waals surface area contributed by atoms with Crippen LogP contribution in [0.25, 0.3) is 0 Å². The molecule has 0 heterocycles. The van der Waals surface area contributed by atoms with Crippen LogP contribution in [0.3, 0.4) is 0 Å². The lowest BCUT2D eigenvalue weighted by Crippen LogP contribution is -2.07. The Morgan fingerprint density at radius 2 is 1.83 bits per heavy atom. The van der Waals surface area contributed by atoms with Crippen LogP contribution in [0.1, 0.15) is 21.3 Å². The van der Waals surface area contributed by atoms with Crippen LogP contribution in [-0.4, -0.2) is 12.0 Å². The Labute approximate surface area is 116 Å². The van der Waals surface area contributed by atoms with Gasteiger partial charge in [-0.25, -0.2) is 0 Å². The summed E-state index contributed by atoms with van der Waals surface area (Å²) in [5.74, 6) is -0.0567. The van der Waals surface area contributed by atoms with Crippen molar-refractivity contribution in [1.29, 1.82) is 0 Å². The van der Waals surface area contributed by atoms with Crippen molar-refractivity contribution in [2.24, 2.45) is 0 Å². The number of halogens is 1. The number of thioether (sulfide) groups is 1. The molecule has 2 rings (SSSR count). The molecular formula is C15H13ClOS. The second kappa shape index (κ2) is 6.07. The third-order valence-electron chi connectivity index (χ3n) is 2.68. The van der Waals surface area contributed by atoms with E-state index in [0.29, 0.717) is 5.56 Å². The van der Waals surface area contributed by atoms with Gasteiger partial charge in [-0.15, -0.1) is 23.4 Å². The molecule has 0 aliphatic carbocycles. The summed E-state index contributed by atoms with van der Waals surface area (Å²) in [6.07, 6.45) is 1.99. The van der Waals surface area contributed by atoms with Gasteiger partial charge in [-0.1, -0.05) is 42.5 Å². The molecule has 0 saturated carbocycles. The van der Waals surface area contributed by atoms with Gasteiger partial charge in [-0.2, -0.15) is 0 Å². The van der Waals surface area contributed by atoms with E-state index in [1.54, 1.807) is 17.8 Å². The highest BCUT2D eigenvalue weighted by Crippen LogP contribution is 2.26. The topological polar surface area (TPSA) is 17.1 Å². The molecule has 3 heteroatoms. The largest absolute Gasteiger partial charge is 0.292 e. The van der Waals surface area contributed by atoms with Gasteiger partial charge < -0.3 is 0 Å². The Kier molecular flexibility index (Phi) is 4.45. The summed E-state index contributed by atoms with van der Waals surface area (Å²) in [7, 11) is 0. The van der Waals surface area contributed by atoms with E-state index in [1.807, 2.05) is 54.8 Å². The first-order valence-corrected chi connectivity index (χ1v) is 7.26. The van der Waals surface area contributed by atoms with E-state index < -0.39 is 5.38 Å². The molecule has 2 aromatic rings. The first-order chi connectivity index (χ1) is 8.72. The van der Waals surface area contributed by atoms with Crippen molar-refractivity contribution >= 4 is 29.1 Å². The van der Waals surface area contributed by atoms with E-state index in [0.717, 1.165) is 10.5 Å². The maximum Gasteiger partial charge on any atom is 0.185 e. The second-order valence-electron chi connectivity index (χ2n) is 3.87. The van der Waals surface area contributed by atoms with Crippen LogP contribution < -0.4 is 0 Å². The minimum atomic E-state index is -0.622. The number of rotatable bonds is 4. The van der Waals surface area contributed by atoms with Crippen LogP contribution in [0.5, 0.6) is 0 Å². The van der Waals surface area contributed by atoms with Crippen molar-refractivity contribution in [3.05, 3.63) is 65.7 Å². The Balaban J connectivity index is 2.25. The van der Waals surface area contributed by atoms with E-state index in [9.17, 15) is 4.79 Å². The molecule has 0 aromatic heterocycles. The Morgan fingerprint density at radius 1 is 1.11 bits per heavy atom. The lowest BCUT2D eigenvalue weighted by molar-refractivity contribution is 0.0987. The van der Waals surface area contributed by atoms with E-state index in [-0.39, 0.29) is 5.78 Å². The highest BCUT2D eigenvalue weighted by Gasteiger charge is 2.19. The van der Waals surface area contributed by atoms with Crippen LogP contribution in [0.15, 0.2) is 59.5 Å². The summed E-state index contributed by atoms with van der Waals surface area (Å²) in [6, 6.07) is 17.0. The maximum atomic E-state index is 12.3. The summed E-state index contributed by atoms with van der Waals surface area (Å²) in [5, 5.41) is -0.622. The number of hydrogen-bond donors (Lipinski definition) is 0. The van der Waals surface area contributed by atoms with Crippen molar-refractivity contribution in [2.75, 3.05) is 6.26 Å². The SMILES string of the molecule is CSc1cccc(C(=O)C(Cl)c2ccccc2)c1. The normalized spacial score (nSPS) is 12.1. The summed E-state index contributed by atoms with van der Waals surface area (Å²) in [4.78, 5) is 13.3. The molecule has 2 aromatic carbocycles. The highest BCUT2D eigenvalue weighted by atomic mass is 35.5. The first-order valence-electron chi connectivity index (χ1n) is 5.59. The van der Waals surface area contributed by atoms with Gasteiger partial charge in [-0.3, -0.25) is 4.79 Å². The standard InChI is InChI=1S/C15H13ClOS/c1-18-13-9-5-8-12(10-13)15(17)14(16)11-6-3-2-4-7-11/h2-10,14H,1H3. The fraction of sp³-hybridized carbons (Fsp3) is 0.133. The van der Waals surface area contributed by atoms with E-state index in [2.05, 4.69) is 0 Å². The molecule has 1 nitrogen and oxygen atoms in total. The number of alkyl halides is 1.